The van der Waals surface area contributed by atoms with Crippen LogP contribution in [0.4, 0.5) is 16.2 Å². The van der Waals surface area contributed by atoms with Crippen molar-refractivity contribution in [2.24, 2.45) is 0 Å². The van der Waals surface area contributed by atoms with Gasteiger partial charge in [0.25, 0.3) is 0 Å². The lowest BCUT2D eigenvalue weighted by Gasteiger charge is -2.09. The summed E-state index contributed by atoms with van der Waals surface area (Å²) in [4.78, 5) is 11.7. The maximum absolute atomic E-state index is 11.7. The van der Waals surface area contributed by atoms with E-state index in [2.05, 4.69) is 16.0 Å². The quantitative estimate of drug-likeness (QED) is 0.786. The van der Waals surface area contributed by atoms with Gasteiger partial charge in [0.15, 0.2) is 0 Å². The SMILES string of the molecule is CNc1cccc(NC(=O)NCc2ccccc2)c1. The van der Waals surface area contributed by atoms with Crippen LogP contribution in [0.1, 0.15) is 5.56 Å². The smallest absolute Gasteiger partial charge is 0.319 e. The molecule has 2 aromatic carbocycles. The molecular weight excluding hydrogens is 238 g/mol. The number of amides is 2. The number of hydrogen-bond donors (Lipinski definition) is 3. The second-order valence-electron chi connectivity index (χ2n) is 4.12. The van der Waals surface area contributed by atoms with Crippen LogP contribution in [0.3, 0.4) is 0 Å². The third kappa shape index (κ3) is 4.03. The molecule has 4 nitrogen and oxygen atoms in total. The Bertz CT molecular complexity index is 540. The fourth-order valence-corrected chi connectivity index (χ4v) is 1.71. The molecule has 4 heteroatoms. The summed E-state index contributed by atoms with van der Waals surface area (Å²) < 4.78 is 0. The molecule has 0 aromatic heterocycles. The Morgan fingerprint density at radius 1 is 1.00 bits per heavy atom. The molecule has 0 unspecified atom stereocenters. The summed E-state index contributed by atoms with van der Waals surface area (Å²) in [5.74, 6) is 0. The van der Waals surface area contributed by atoms with Crippen molar-refractivity contribution in [3.63, 3.8) is 0 Å². The van der Waals surface area contributed by atoms with Crippen LogP contribution in [0.25, 0.3) is 0 Å². The van der Waals surface area contributed by atoms with Gasteiger partial charge >= 0.3 is 6.03 Å². The highest BCUT2D eigenvalue weighted by Crippen LogP contribution is 2.14. The van der Waals surface area contributed by atoms with E-state index in [0.717, 1.165) is 16.9 Å². The number of urea groups is 1. The fourth-order valence-electron chi connectivity index (χ4n) is 1.71. The summed E-state index contributed by atoms with van der Waals surface area (Å²) >= 11 is 0. The molecule has 0 saturated heterocycles. The molecule has 0 radical (unpaired) electrons. The van der Waals surface area contributed by atoms with E-state index in [9.17, 15) is 4.79 Å². The summed E-state index contributed by atoms with van der Waals surface area (Å²) in [5, 5.41) is 8.64. The van der Waals surface area contributed by atoms with E-state index in [-0.39, 0.29) is 6.03 Å². The first-order valence-electron chi connectivity index (χ1n) is 6.14. The van der Waals surface area contributed by atoms with Gasteiger partial charge in [-0.25, -0.2) is 4.79 Å². The lowest BCUT2D eigenvalue weighted by atomic mass is 10.2. The minimum Gasteiger partial charge on any atom is -0.388 e. The number of anilines is 2. The molecule has 0 heterocycles. The Hall–Kier alpha value is -2.49. The van der Waals surface area contributed by atoms with Crippen LogP contribution in [0, 0.1) is 0 Å². The van der Waals surface area contributed by atoms with Gasteiger partial charge in [-0.15, -0.1) is 0 Å². The molecule has 19 heavy (non-hydrogen) atoms. The largest absolute Gasteiger partial charge is 0.388 e. The maximum Gasteiger partial charge on any atom is 0.319 e. The van der Waals surface area contributed by atoms with E-state index in [4.69, 9.17) is 0 Å². The average molecular weight is 255 g/mol. The van der Waals surface area contributed by atoms with Gasteiger partial charge in [-0.2, -0.15) is 0 Å². The van der Waals surface area contributed by atoms with E-state index in [0.29, 0.717) is 6.54 Å². The van der Waals surface area contributed by atoms with Gasteiger partial charge < -0.3 is 16.0 Å². The van der Waals surface area contributed by atoms with Crippen LogP contribution < -0.4 is 16.0 Å². The Morgan fingerprint density at radius 2 is 1.74 bits per heavy atom. The Labute approximate surface area is 112 Å². The average Bonchev–Trinajstić information content (AvgIpc) is 2.46. The van der Waals surface area contributed by atoms with Crippen molar-refractivity contribution < 1.29 is 4.79 Å². The van der Waals surface area contributed by atoms with E-state index < -0.39 is 0 Å². The molecule has 0 bridgehead atoms. The molecular formula is C15H17N3O. The second-order valence-corrected chi connectivity index (χ2v) is 4.12. The zero-order valence-electron chi connectivity index (χ0n) is 10.8. The van der Waals surface area contributed by atoms with Gasteiger partial charge in [-0.1, -0.05) is 36.4 Å². The van der Waals surface area contributed by atoms with Crippen molar-refractivity contribution in [3.05, 3.63) is 60.2 Å². The minimum absolute atomic E-state index is 0.211. The van der Waals surface area contributed by atoms with Crippen LogP contribution in [0.5, 0.6) is 0 Å². The Kier molecular flexibility index (Phi) is 4.39. The zero-order valence-corrected chi connectivity index (χ0v) is 10.8. The molecule has 0 aliphatic rings. The molecule has 0 spiro atoms. The van der Waals surface area contributed by atoms with E-state index >= 15 is 0 Å². The summed E-state index contributed by atoms with van der Waals surface area (Å²) in [7, 11) is 1.84. The predicted octanol–water partition coefficient (Wildman–Crippen LogP) is 3.05. The number of nitrogens with one attached hydrogen (secondary N) is 3. The molecule has 0 aliphatic heterocycles. The molecule has 0 fully saturated rings. The summed E-state index contributed by atoms with van der Waals surface area (Å²) in [6, 6.07) is 17.1. The van der Waals surface area contributed by atoms with Crippen LogP contribution in [-0.4, -0.2) is 13.1 Å². The molecule has 0 saturated carbocycles. The van der Waals surface area contributed by atoms with Crippen LogP contribution in [0.15, 0.2) is 54.6 Å². The van der Waals surface area contributed by atoms with Gasteiger partial charge in [-0.05, 0) is 23.8 Å². The maximum atomic E-state index is 11.7. The molecule has 2 amide bonds. The Morgan fingerprint density at radius 3 is 2.47 bits per heavy atom. The van der Waals surface area contributed by atoms with Crippen LogP contribution in [0.2, 0.25) is 0 Å². The van der Waals surface area contributed by atoms with Crippen molar-refractivity contribution in [1.82, 2.24) is 5.32 Å². The van der Waals surface area contributed by atoms with E-state index in [1.807, 2.05) is 61.6 Å². The monoisotopic (exact) mass is 255 g/mol. The minimum atomic E-state index is -0.211. The van der Waals surface area contributed by atoms with E-state index in [1.165, 1.54) is 0 Å². The zero-order chi connectivity index (χ0) is 13.5. The first-order chi connectivity index (χ1) is 9.28. The lowest BCUT2D eigenvalue weighted by Crippen LogP contribution is -2.28. The Balaban J connectivity index is 1.87. The number of rotatable bonds is 4. The van der Waals surface area contributed by atoms with Gasteiger partial charge in [0, 0.05) is 25.0 Å². The lowest BCUT2D eigenvalue weighted by molar-refractivity contribution is 0.251. The van der Waals surface area contributed by atoms with Crippen molar-refractivity contribution in [1.29, 1.82) is 0 Å². The predicted molar refractivity (Wildman–Crippen MR) is 78.3 cm³/mol. The number of benzene rings is 2. The van der Waals surface area contributed by atoms with E-state index in [1.54, 1.807) is 0 Å². The summed E-state index contributed by atoms with van der Waals surface area (Å²) in [5.41, 5.74) is 2.79. The molecule has 2 aromatic rings. The van der Waals surface area contributed by atoms with Gasteiger partial charge in [0.2, 0.25) is 0 Å². The van der Waals surface area contributed by atoms with Crippen LogP contribution >= 0.6 is 0 Å². The standard InChI is InChI=1S/C15H17N3O/c1-16-13-8-5-9-14(10-13)18-15(19)17-11-12-6-3-2-4-7-12/h2-10,16H,11H2,1H3,(H2,17,18,19). The molecule has 2 rings (SSSR count). The number of hydrogen-bond acceptors (Lipinski definition) is 2. The van der Waals surface area contributed by atoms with Gasteiger partial charge in [0.1, 0.15) is 0 Å². The normalized spacial score (nSPS) is 9.74. The number of carbonyl (C=O) groups is 1. The fraction of sp³-hybridized carbons (Fsp3) is 0.133. The topological polar surface area (TPSA) is 53.2 Å². The molecule has 0 aliphatic carbocycles. The molecule has 0 atom stereocenters. The molecule has 3 N–H and O–H groups in total. The second kappa shape index (κ2) is 6.44. The first-order valence-corrected chi connectivity index (χ1v) is 6.14. The molecule has 98 valence electrons. The highest BCUT2D eigenvalue weighted by molar-refractivity contribution is 5.89. The van der Waals surface area contributed by atoms with Crippen molar-refractivity contribution >= 4 is 17.4 Å². The van der Waals surface area contributed by atoms with Crippen molar-refractivity contribution in [2.45, 2.75) is 6.54 Å². The highest BCUT2D eigenvalue weighted by atomic mass is 16.2. The van der Waals surface area contributed by atoms with Crippen molar-refractivity contribution in [2.75, 3.05) is 17.7 Å². The van der Waals surface area contributed by atoms with Gasteiger partial charge in [-0.3, -0.25) is 0 Å². The first kappa shape index (κ1) is 13.0. The number of carbonyl (C=O) groups excluding carboxylic acids is 1. The van der Waals surface area contributed by atoms with Crippen LogP contribution in [-0.2, 0) is 6.54 Å². The summed E-state index contributed by atoms with van der Waals surface area (Å²) in [6.45, 7) is 0.512. The van der Waals surface area contributed by atoms with Crippen molar-refractivity contribution in [3.8, 4) is 0 Å². The third-order valence-corrected chi connectivity index (χ3v) is 2.71. The highest BCUT2D eigenvalue weighted by Gasteiger charge is 2.01. The summed E-state index contributed by atoms with van der Waals surface area (Å²) in [6.07, 6.45) is 0. The van der Waals surface area contributed by atoms with Gasteiger partial charge in [0.05, 0.1) is 0 Å². The third-order valence-electron chi connectivity index (χ3n) is 2.71.